The average Bonchev–Trinajstić information content (AvgIpc) is 2.88. The molecule has 0 bridgehead atoms. The second kappa shape index (κ2) is 10.6. The van der Waals surface area contributed by atoms with E-state index in [1.54, 1.807) is 31.2 Å². The molecule has 2 N–H and O–H groups in total. The van der Waals surface area contributed by atoms with E-state index in [-0.39, 0.29) is 16.8 Å². The van der Waals surface area contributed by atoms with E-state index in [2.05, 4.69) is 20.0 Å². The van der Waals surface area contributed by atoms with Crippen LogP contribution in [0.3, 0.4) is 0 Å². The van der Waals surface area contributed by atoms with Crippen LogP contribution in [0.5, 0.6) is 0 Å². The summed E-state index contributed by atoms with van der Waals surface area (Å²) in [6.07, 6.45) is 1.47. The first-order chi connectivity index (χ1) is 18.6. The van der Waals surface area contributed by atoms with E-state index in [9.17, 15) is 13.2 Å². The fourth-order valence-corrected chi connectivity index (χ4v) is 5.58. The number of rotatable bonds is 6. The van der Waals surface area contributed by atoms with Crippen molar-refractivity contribution >= 4 is 61.7 Å². The summed E-state index contributed by atoms with van der Waals surface area (Å²) in [6.45, 7) is 3.54. The van der Waals surface area contributed by atoms with E-state index in [1.807, 2.05) is 31.2 Å². The molecule has 0 unspecified atom stereocenters. The fourth-order valence-electron chi connectivity index (χ4n) is 4.13. The molecule has 39 heavy (non-hydrogen) atoms. The van der Waals surface area contributed by atoms with Gasteiger partial charge in [-0.15, -0.1) is 0 Å². The third-order valence-corrected chi connectivity index (χ3v) is 7.88. The molecule has 0 spiro atoms. The van der Waals surface area contributed by atoms with Crippen molar-refractivity contribution in [2.24, 2.45) is 0 Å². The van der Waals surface area contributed by atoms with Crippen LogP contribution in [-0.2, 0) is 10.0 Å². The van der Waals surface area contributed by atoms with Crippen molar-refractivity contribution in [2.45, 2.75) is 18.7 Å². The number of halogens is 2. The van der Waals surface area contributed by atoms with E-state index in [4.69, 9.17) is 28.2 Å². The van der Waals surface area contributed by atoms with Crippen LogP contribution in [0, 0.1) is 13.8 Å². The summed E-state index contributed by atoms with van der Waals surface area (Å²) in [5.74, 6) is -0.400. The number of nitrogens with one attached hydrogen (secondary N) is 2. The Kier molecular flexibility index (Phi) is 7.22. The van der Waals surface area contributed by atoms with Gasteiger partial charge in [-0.2, -0.15) is 0 Å². The molecule has 8 nitrogen and oxygen atoms in total. The van der Waals surface area contributed by atoms with Crippen molar-refractivity contribution in [1.82, 2.24) is 15.0 Å². The highest BCUT2D eigenvalue weighted by molar-refractivity contribution is 7.92. The predicted molar refractivity (Wildman–Crippen MR) is 154 cm³/mol. The molecule has 0 aliphatic carbocycles. The summed E-state index contributed by atoms with van der Waals surface area (Å²) in [7, 11) is -3.92. The van der Waals surface area contributed by atoms with Gasteiger partial charge in [-0.25, -0.2) is 28.1 Å². The topological polar surface area (TPSA) is 114 Å². The SMILES string of the molecule is Cc1ccnc(NS(=O)(=O)c2ccc(NC(=O)c3c(C)c(-c4ccc(Cl)cc4Cl)nc4ccccc34)cc2)n1. The van der Waals surface area contributed by atoms with Crippen molar-refractivity contribution in [1.29, 1.82) is 0 Å². The number of hydrogen-bond donors (Lipinski definition) is 2. The summed E-state index contributed by atoms with van der Waals surface area (Å²) in [5.41, 5.74) is 3.94. The van der Waals surface area contributed by atoms with Crippen LogP contribution in [0.2, 0.25) is 10.0 Å². The van der Waals surface area contributed by atoms with Crippen LogP contribution in [-0.4, -0.2) is 29.3 Å². The summed E-state index contributed by atoms with van der Waals surface area (Å²) >= 11 is 12.6. The van der Waals surface area contributed by atoms with E-state index in [0.717, 1.165) is 0 Å². The quantitative estimate of drug-likeness (QED) is 0.233. The number of pyridine rings is 1. The Bertz CT molecular complexity index is 1850. The number of para-hydroxylation sites is 1. The van der Waals surface area contributed by atoms with Gasteiger partial charge < -0.3 is 5.32 Å². The Morgan fingerprint density at radius 2 is 1.64 bits per heavy atom. The minimum atomic E-state index is -3.92. The number of carbonyl (C=O) groups excluding carboxylic acids is 1. The Hall–Kier alpha value is -4.05. The first-order valence-electron chi connectivity index (χ1n) is 11.7. The second-order valence-electron chi connectivity index (χ2n) is 8.71. The van der Waals surface area contributed by atoms with E-state index >= 15 is 0 Å². The van der Waals surface area contributed by atoms with Crippen molar-refractivity contribution in [3.8, 4) is 11.3 Å². The number of anilines is 2. The average molecular weight is 578 g/mol. The Labute approximate surface area is 235 Å². The van der Waals surface area contributed by atoms with E-state index in [0.29, 0.717) is 54.7 Å². The van der Waals surface area contributed by atoms with Gasteiger partial charge in [0, 0.05) is 33.6 Å². The second-order valence-corrected chi connectivity index (χ2v) is 11.2. The number of hydrogen-bond acceptors (Lipinski definition) is 6. The molecule has 5 rings (SSSR count). The number of amides is 1. The van der Waals surface area contributed by atoms with E-state index in [1.165, 1.54) is 30.5 Å². The van der Waals surface area contributed by atoms with Gasteiger partial charge in [-0.3, -0.25) is 4.79 Å². The summed E-state index contributed by atoms with van der Waals surface area (Å²) < 4.78 is 27.9. The molecular formula is C28H21Cl2N5O3S. The molecule has 5 aromatic rings. The van der Waals surface area contributed by atoms with E-state index < -0.39 is 10.0 Å². The maximum Gasteiger partial charge on any atom is 0.264 e. The largest absolute Gasteiger partial charge is 0.322 e. The first kappa shape index (κ1) is 26.6. The van der Waals surface area contributed by atoms with Crippen LogP contribution in [0.25, 0.3) is 22.2 Å². The zero-order valence-electron chi connectivity index (χ0n) is 20.7. The molecule has 2 heterocycles. The molecule has 0 fully saturated rings. The number of nitrogens with zero attached hydrogens (tertiary/aromatic N) is 3. The number of sulfonamides is 1. The highest BCUT2D eigenvalue weighted by Gasteiger charge is 2.21. The minimum Gasteiger partial charge on any atom is -0.322 e. The Morgan fingerprint density at radius 1 is 0.897 bits per heavy atom. The number of carbonyl (C=O) groups is 1. The highest BCUT2D eigenvalue weighted by Crippen LogP contribution is 2.35. The van der Waals surface area contributed by atoms with Crippen molar-refractivity contribution in [3.63, 3.8) is 0 Å². The maximum absolute atomic E-state index is 13.6. The van der Waals surface area contributed by atoms with Gasteiger partial charge in [-0.1, -0.05) is 41.4 Å². The monoisotopic (exact) mass is 577 g/mol. The molecule has 0 atom stereocenters. The lowest BCUT2D eigenvalue weighted by Crippen LogP contribution is -2.17. The lowest BCUT2D eigenvalue weighted by molar-refractivity contribution is 0.102. The molecule has 2 aromatic heterocycles. The molecule has 0 aliphatic rings. The third-order valence-electron chi connectivity index (χ3n) is 5.99. The van der Waals surface area contributed by atoms with Crippen LogP contribution < -0.4 is 10.0 Å². The van der Waals surface area contributed by atoms with Crippen LogP contribution >= 0.6 is 23.2 Å². The molecule has 0 radical (unpaired) electrons. The molecule has 3 aromatic carbocycles. The number of fused-ring (bicyclic) bond motifs is 1. The summed E-state index contributed by atoms with van der Waals surface area (Å²) in [6, 6.07) is 19.9. The van der Waals surface area contributed by atoms with Gasteiger partial charge in [0.25, 0.3) is 15.9 Å². The number of aromatic nitrogens is 3. The zero-order chi connectivity index (χ0) is 27.7. The van der Waals surface area contributed by atoms with Gasteiger partial charge in [0.15, 0.2) is 0 Å². The van der Waals surface area contributed by atoms with Gasteiger partial charge >= 0.3 is 0 Å². The number of benzene rings is 3. The third kappa shape index (κ3) is 5.56. The molecule has 196 valence electrons. The van der Waals surface area contributed by atoms with Crippen LogP contribution in [0.4, 0.5) is 11.6 Å². The minimum absolute atomic E-state index is 0.00388. The van der Waals surface area contributed by atoms with Gasteiger partial charge in [0.1, 0.15) is 0 Å². The van der Waals surface area contributed by atoms with Crippen molar-refractivity contribution < 1.29 is 13.2 Å². The van der Waals surface area contributed by atoms with Crippen LogP contribution in [0.1, 0.15) is 21.6 Å². The molecule has 0 saturated carbocycles. The molecule has 0 aliphatic heterocycles. The summed E-state index contributed by atoms with van der Waals surface area (Å²) in [4.78, 5) is 26.4. The zero-order valence-corrected chi connectivity index (χ0v) is 23.1. The number of aryl methyl sites for hydroxylation is 1. The molecular weight excluding hydrogens is 557 g/mol. The predicted octanol–water partition coefficient (Wildman–Crippen LogP) is 6.67. The Balaban J connectivity index is 1.46. The Morgan fingerprint density at radius 3 is 2.36 bits per heavy atom. The normalized spacial score (nSPS) is 11.4. The van der Waals surface area contributed by atoms with Gasteiger partial charge in [0.05, 0.1) is 26.7 Å². The highest BCUT2D eigenvalue weighted by atomic mass is 35.5. The smallest absolute Gasteiger partial charge is 0.264 e. The fraction of sp³-hybridized carbons (Fsp3) is 0.0714. The van der Waals surface area contributed by atoms with Crippen LogP contribution in [0.15, 0.2) is 83.9 Å². The lowest BCUT2D eigenvalue weighted by atomic mass is 9.97. The molecule has 1 amide bonds. The first-order valence-corrected chi connectivity index (χ1v) is 13.9. The standard InChI is InChI=1S/C28H21Cl2N5O3S/c1-16-13-14-31-28(32-16)35-39(37,38)20-10-8-19(9-11-20)33-27(36)25-17(2)26(21-12-7-18(29)15-23(21)30)34-24-6-4-3-5-22(24)25/h3-15H,1-2H3,(H,33,36)(H,31,32,35). The van der Waals surface area contributed by atoms with Crippen molar-refractivity contribution in [3.05, 3.63) is 106 Å². The summed E-state index contributed by atoms with van der Waals surface area (Å²) in [5, 5.41) is 4.45. The lowest BCUT2D eigenvalue weighted by Gasteiger charge is -2.16. The maximum atomic E-state index is 13.6. The van der Waals surface area contributed by atoms with Gasteiger partial charge in [0.2, 0.25) is 5.95 Å². The van der Waals surface area contributed by atoms with Gasteiger partial charge in [-0.05, 0) is 74.0 Å². The van der Waals surface area contributed by atoms with Crippen molar-refractivity contribution in [2.75, 3.05) is 10.0 Å². The molecule has 0 saturated heterocycles. The molecule has 11 heteroatoms.